The summed E-state index contributed by atoms with van der Waals surface area (Å²) in [6.45, 7) is 6.33. The summed E-state index contributed by atoms with van der Waals surface area (Å²) in [5.41, 5.74) is 0.0527. The molecule has 5 nitrogen and oxygen atoms in total. The molecule has 1 fully saturated rings. The number of nitrogens with zero attached hydrogens (tertiary/aromatic N) is 1. The van der Waals surface area contributed by atoms with Gasteiger partial charge in [0.05, 0.1) is 5.92 Å². The van der Waals surface area contributed by atoms with Gasteiger partial charge in [0.25, 0.3) is 0 Å². The maximum atomic E-state index is 12.0. The predicted octanol–water partition coefficient (Wildman–Crippen LogP) is 0.217. The molecule has 5 heteroatoms. The van der Waals surface area contributed by atoms with Crippen molar-refractivity contribution in [3.63, 3.8) is 0 Å². The van der Waals surface area contributed by atoms with Gasteiger partial charge in [0, 0.05) is 26.1 Å². The van der Waals surface area contributed by atoms with E-state index < -0.39 is 0 Å². The van der Waals surface area contributed by atoms with Gasteiger partial charge < -0.3 is 15.5 Å². The number of piperidine rings is 1. The Labute approximate surface area is 109 Å². The summed E-state index contributed by atoms with van der Waals surface area (Å²) in [6, 6.07) is 0. The van der Waals surface area contributed by atoms with Crippen LogP contribution in [0.4, 0.5) is 0 Å². The van der Waals surface area contributed by atoms with Crippen molar-refractivity contribution in [2.24, 2.45) is 11.3 Å². The molecule has 1 aliphatic heterocycles. The lowest BCUT2D eigenvalue weighted by atomic mass is 9.92. The van der Waals surface area contributed by atoms with Crippen molar-refractivity contribution in [2.45, 2.75) is 26.7 Å². The molecule has 1 saturated heterocycles. The molecule has 18 heavy (non-hydrogen) atoms. The van der Waals surface area contributed by atoms with Gasteiger partial charge in [0.2, 0.25) is 11.8 Å². The Morgan fingerprint density at radius 2 is 2.17 bits per heavy atom. The second-order valence-electron chi connectivity index (χ2n) is 6.16. The normalized spacial score (nSPS) is 20.7. The molecule has 104 valence electrons. The molecule has 1 heterocycles. The molecule has 0 saturated carbocycles. The van der Waals surface area contributed by atoms with E-state index in [9.17, 15) is 9.59 Å². The topological polar surface area (TPSA) is 61.4 Å². The van der Waals surface area contributed by atoms with Gasteiger partial charge >= 0.3 is 0 Å². The molecular weight excluding hydrogens is 230 g/mol. The average molecular weight is 255 g/mol. The maximum absolute atomic E-state index is 12.0. The molecule has 0 aromatic heterocycles. The fourth-order valence-electron chi connectivity index (χ4n) is 2.34. The van der Waals surface area contributed by atoms with E-state index in [0.29, 0.717) is 25.9 Å². The van der Waals surface area contributed by atoms with Crippen molar-refractivity contribution in [1.29, 1.82) is 0 Å². The lowest BCUT2D eigenvalue weighted by Crippen LogP contribution is -2.46. The molecule has 0 radical (unpaired) electrons. The maximum Gasteiger partial charge on any atom is 0.224 e. The summed E-state index contributed by atoms with van der Waals surface area (Å²) in [4.78, 5) is 25.1. The third kappa shape index (κ3) is 5.04. The van der Waals surface area contributed by atoms with Crippen LogP contribution in [0.25, 0.3) is 0 Å². The van der Waals surface area contributed by atoms with Gasteiger partial charge in [-0.2, -0.15) is 0 Å². The highest BCUT2D eigenvalue weighted by molar-refractivity contribution is 5.83. The first-order valence-corrected chi connectivity index (χ1v) is 6.49. The fourth-order valence-corrected chi connectivity index (χ4v) is 2.34. The highest BCUT2D eigenvalue weighted by atomic mass is 16.2. The second-order valence-corrected chi connectivity index (χ2v) is 6.16. The summed E-state index contributed by atoms with van der Waals surface area (Å²) in [5.74, 6) is 0.0340. The lowest BCUT2D eigenvalue weighted by molar-refractivity contribution is -0.129. The number of rotatable bonds is 5. The third-order valence-electron chi connectivity index (χ3n) is 3.12. The predicted molar refractivity (Wildman–Crippen MR) is 71.1 cm³/mol. The summed E-state index contributed by atoms with van der Waals surface area (Å²) in [7, 11) is 4.06. The van der Waals surface area contributed by atoms with Gasteiger partial charge in [-0.1, -0.05) is 13.8 Å². The Hall–Kier alpha value is -1.10. The minimum atomic E-state index is -0.0714. The van der Waals surface area contributed by atoms with E-state index in [1.165, 1.54) is 0 Å². The third-order valence-corrected chi connectivity index (χ3v) is 3.12. The van der Waals surface area contributed by atoms with Crippen molar-refractivity contribution in [3.8, 4) is 0 Å². The summed E-state index contributed by atoms with van der Waals surface area (Å²) in [5, 5.41) is 5.73. The number of amides is 2. The van der Waals surface area contributed by atoms with Gasteiger partial charge in [-0.25, -0.2) is 0 Å². The molecule has 1 atom stereocenters. The summed E-state index contributed by atoms with van der Waals surface area (Å²) in [6.07, 6.45) is 1.12. The zero-order valence-corrected chi connectivity index (χ0v) is 11.9. The smallest absolute Gasteiger partial charge is 0.224 e. The molecule has 1 rings (SSSR count). The zero-order chi connectivity index (χ0) is 13.8. The molecule has 0 aromatic rings. The monoisotopic (exact) mass is 255 g/mol. The molecule has 0 aromatic carbocycles. The number of carbonyl (C=O) groups is 2. The van der Waals surface area contributed by atoms with E-state index >= 15 is 0 Å². The molecular formula is C13H25N3O2. The van der Waals surface area contributed by atoms with E-state index in [4.69, 9.17) is 0 Å². The van der Waals surface area contributed by atoms with Crippen LogP contribution in [0.15, 0.2) is 0 Å². The molecule has 1 aliphatic rings. The van der Waals surface area contributed by atoms with Gasteiger partial charge in [-0.3, -0.25) is 9.59 Å². The van der Waals surface area contributed by atoms with E-state index in [2.05, 4.69) is 29.4 Å². The Kier molecular flexibility index (Phi) is 5.14. The van der Waals surface area contributed by atoms with Crippen LogP contribution in [0, 0.1) is 11.3 Å². The lowest BCUT2D eigenvalue weighted by Gasteiger charge is -2.30. The Bertz CT molecular complexity index is 303. The van der Waals surface area contributed by atoms with Crippen molar-refractivity contribution >= 4 is 11.8 Å². The van der Waals surface area contributed by atoms with Crippen molar-refractivity contribution < 1.29 is 9.59 Å². The van der Waals surface area contributed by atoms with Gasteiger partial charge in [0.15, 0.2) is 0 Å². The average Bonchev–Trinajstić information content (AvgIpc) is 2.25. The van der Waals surface area contributed by atoms with Crippen LogP contribution in [-0.2, 0) is 9.59 Å². The van der Waals surface area contributed by atoms with Crippen LogP contribution in [0.3, 0.4) is 0 Å². The van der Waals surface area contributed by atoms with Gasteiger partial charge in [-0.05, 0) is 25.9 Å². The first-order chi connectivity index (χ1) is 8.30. The van der Waals surface area contributed by atoms with Crippen LogP contribution in [0.1, 0.15) is 26.7 Å². The molecule has 2 amide bonds. The van der Waals surface area contributed by atoms with Crippen LogP contribution in [-0.4, -0.2) is 50.4 Å². The van der Waals surface area contributed by atoms with Gasteiger partial charge in [-0.15, -0.1) is 0 Å². The number of hydrogen-bond donors (Lipinski definition) is 2. The first kappa shape index (κ1) is 15.0. The van der Waals surface area contributed by atoms with Crippen molar-refractivity contribution in [3.05, 3.63) is 0 Å². The number of hydrogen-bond acceptors (Lipinski definition) is 3. The van der Waals surface area contributed by atoms with E-state index in [-0.39, 0.29) is 23.1 Å². The van der Waals surface area contributed by atoms with Crippen LogP contribution < -0.4 is 10.6 Å². The van der Waals surface area contributed by atoms with Crippen LogP contribution >= 0.6 is 0 Å². The Morgan fingerprint density at radius 1 is 1.50 bits per heavy atom. The van der Waals surface area contributed by atoms with Gasteiger partial charge in [0.1, 0.15) is 0 Å². The molecule has 2 N–H and O–H groups in total. The minimum absolute atomic E-state index is 0.0481. The van der Waals surface area contributed by atoms with E-state index in [0.717, 1.165) is 6.54 Å². The highest BCUT2D eigenvalue weighted by Crippen LogP contribution is 2.16. The summed E-state index contributed by atoms with van der Waals surface area (Å²) < 4.78 is 0. The van der Waals surface area contributed by atoms with Crippen molar-refractivity contribution in [2.75, 3.05) is 33.7 Å². The molecule has 0 bridgehead atoms. The molecule has 0 spiro atoms. The SMILES string of the molecule is CN(C)CC(C)(C)CNC(=O)C1CCC(=O)NC1. The largest absolute Gasteiger partial charge is 0.355 e. The zero-order valence-electron chi connectivity index (χ0n) is 11.9. The quantitative estimate of drug-likeness (QED) is 0.738. The standard InChI is InChI=1S/C13H25N3O2/c1-13(2,9-16(3)4)8-15-12(18)10-5-6-11(17)14-7-10/h10H,5-9H2,1-4H3,(H,14,17)(H,15,18). The Balaban J connectivity index is 2.34. The van der Waals surface area contributed by atoms with E-state index in [1.54, 1.807) is 0 Å². The van der Waals surface area contributed by atoms with E-state index in [1.807, 2.05) is 14.1 Å². The van der Waals surface area contributed by atoms with Crippen LogP contribution in [0.5, 0.6) is 0 Å². The fraction of sp³-hybridized carbons (Fsp3) is 0.846. The minimum Gasteiger partial charge on any atom is -0.355 e. The first-order valence-electron chi connectivity index (χ1n) is 6.49. The Morgan fingerprint density at radius 3 is 2.67 bits per heavy atom. The number of nitrogens with one attached hydrogen (secondary N) is 2. The highest BCUT2D eigenvalue weighted by Gasteiger charge is 2.26. The van der Waals surface area contributed by atoms with Crippen LogP contribution in [0.2, 0.25) is 0 Å². The summed E-state index contributed by atoms with van der Waals surface area (Å²) >= 11 is 0. The van der Waals surface area contributed by atoms with Crippen molar-refractivity contribution in [1.82, 2.24) is 15.5 Å². The number of carbonyl (C=O) groups excluding carboxylic acids is 2. The molecule has 1 unspecified atom stereocenters. The second kappa shape index (κ2) is 6.18. The molecule has 0 aliphatic carbocycles.